The fourth-order valence-electron chi connectivity index (χ4n) is 4.29. The molecule has 0 bridgehead atoms. The molecule has 5 rings (SSSR count). The van der Waals surface area contributed by atoms with E-state index in [9.17, 15) is 19.3 Å². The van der Waals surface area contributed by atoms with Gasteiger partial charge in [0.05, 0.1) is 16.8 Å². The van der Waals surface area contributed by atoms with Crippen molar-refractivity contribution in [1.29, 1.82) is 0 Å². The number of halogens is 1. The van der Waals surface area contributed by atoms with E-state index in [1.807, 2.05) is 35.2 Å². The molecule has 0 N–H and O–H groups in total. The topological polar surface area (TPSA) is 89.4 Å². The fourth-order valence-corrected chi connectivity index (χ4v) is 4.29. The Bertz CT molecular complexity index is 1340. The van der Waals surface area contributed by atoms with Gasteiger partial charge in [-0.15, -0.1) is 0 Å². The molecule has 35 heavy (non-hydrogen) atoms. The van der Waals surface area contributed by atoms with Crippen LogP contribution in [0.15, 0.2) is 79.3 Å². The summed E-state index contributed by atoms with van der Waals surface area (Å²) in [5, 5.41) is 15.5. The zero-order valence-electron chi connectivity index (χ0n) is 18.8. The second-order valence-electron chi connectivity index (χ2n) is 8.36. The van der Waals surface area contributed by atoms with Crippen LogP contribution in [0.3, 0.4) is 0 Å². The van der Waals surface area contributed by atoms with Crippen LogP contribution in [0, 0.1) is 15.9 Å². The molecule has 2 aromatic heterocycles. The molecule has 0 radical (unpaired) electrons. The van der Waals surface area contributed by atoms with Crippen LogP contribution in [0.1, 0.15) is 15.9 Å². The number of amides is 1. The van der Waals surface area contributed by atoms with Crippen LogP contribution in [0.4, 0.5) is 10.1 Å². The van der Waals surface area contributed by atoms with E-state index in [0.29, 0.717) is 49.8 Å². The molecule has 1 fully saturated rings. The highest BCUT2D eigenvalue weighted by Gasteiger charge is 2.27. The highest BCUT2D eigenvalue weighted by atomic mass is 19.1. The minimum absolute atomic E-state index is 0.0759. The standard InChI is InChI=1S/C25H23FN6O3/c26-20-6-8-21(9-7-20)31-24(29-10-1-2-11-29)23(17-27-31)25(33)30-14-12-28(13-15-30)18-19-4-3-5-22(16-19)32(34)35/h1-11,16-17H,12-15,18H2. The van der Waals surface area contributed by atoms with Gasteiger partial charge in [0.2, 0.25) is 0 Å². The van der Waals surface area contributed by atoms with E-state index < -0.39 is 4.92 Å². The van der Waals surface area contributed by atoms with Crippen molar-refractivity contribution in [3.63, 3.8) is 0 Å². The third-order valence-corrected chi connectivity index (χ3v) is 6.08. The Hall–Kier alpha value is -4.31. The third kappa shape index (κ3) is 4.69. The second kappa shape index (κ2) is 9.51. The molecule has 4 aromatic rings. The molecule has 0 unspecified atom stereocenters. The molecule has 1 saturated heterocycles. The molecule has 178 valence electrons. The zero-order chi connectivity index (χ0) is 24.4. The molecule has 3 heterocycles. The van der Waals surface area contributed by atoms with Crippen molar-refractivity contribution in [3.05, 3.63) is 106 Å². The number of rotatable bonds is 6. The Morgan fingerprint density at radius 1 is 1.00 bits per heavy atom. The number of nitro benzene ring substituents is 1. The molecule has 0 atom stereocenters. The number of carbonyl (C=O) groups excluding carboxylic acids is 1. The molecule has 1 aliphatic heterocycles. The van der Waals surface area contributed by atoms with Crippen molar-refractivity contribution in [1.82, 2.24) is 24.1 Å². The van der Waals surface area contributed by atoms with Gasteiger partial charge in [-0.3, -0.25) is 19.8 Å². The van der Waals surface area contributed by atoms with Gasteiger partial charge in [-0.25, -0.2) is 9.07 Å². The van der Waals surface area contributed by atoms with Gasteiger partial charge in [0.15, 0.2) is 5.82 Å². The first kappa shape index (κ1) is 22.5. The Kier molecular flexibility index (Phi) is 6.11. The molecule has 9 nitrogen and oxygen atoms in total. The Labute approximate surface area is 200 Å². The van der Waals surface area contributed by atoms with Crippen LogP contribution < -0.4 is 0 Å². The summed E-state index contributed by atoms with van der Waals surface area (Å²) in [6.07, 6.45) is 5.23. The maximum Gasteiger partial charge on any atom is 0.269 e. The van der Waals surface area contributed by atoms with Crippen molar-refractivity contribution < 1.29 is 14.1 Å². The van der Waals surface area contributed by atoms with E-state index in [4.69, 9.17) is 0 Å². The summed E-state index contributed by atoms with van der Waals surface area (Å²) in [7, 11) is 0. The van der Waals surface area contributed by atoms with Crippen LogP contribution in [0.25, 0.3) is 11.5 Å². The maximum atomic E-state index is 13.5. The van der Waals surface area contributed by atoms with Crippen molar-refractivity contribution >= 4 is 11.6 Å². The minimum Gasteiger partial charge on any atom is -0.336 e. The van der Waals surface area contributed by atoms with E-state index in [1.165, 1.54) is 18.2 Å². The summed E-state index contributed by atoms with van der Waals surface area (Å²) >= 11 is 0. The quantitative estimate of drug-likeness (QED) is 0.314. The van der Waals surface area contributed by atoms with Gasteiger partial charge in [-0.05, 0) is 42.0 Å². The van der Waals surface area contributed by atoms with Crippen molar-refractivity contribution in [2.24, 2.45) is 0 Å². The second-order valence-corrected chi connectivity index (χ2v) is 8.36. The van der Waals surface area contributed by atoms with Gasteiger partial charge >= 0.3 is 0 Å². The summed E-state index contributed by atoms with van der Waals surface area (Å²) < 4.78 is 16.9. The molecular formula is C25H23FN6O3. The number of carbonyl (C=O) groups is 1. The van der Waals surface area contributed by atoms with Gasteiger partial charge in [-0.1, -0.05) is 12.1 Å². The molecule has 10 heteroatoms. The van der Waals surface area contributed by atoms with Gasteiger partial charge in [0.25, 0.3) is 11.6 Å². The number of nitro groups is 1. The van der Waals surface area contributed by atoms with Crippen LogP contribution in [0.5, 0.6) is 0 Å². The van der Waals surface area contributed by atoms with Crippen LogP contribution >= 0.6 is 0 Å². The first-order valence-electron chi connectivity index (χ1n) is 11.2. The number of aromatic nitrogens is 3. The monoisotopic (exact) mass is 474 g/mol. The van der Waals surface area contributed by atoms with Gasteiger partial charge < -0.3 is 9.47 Å². The SMILES string of the molecule is O=C(c1cnn(-c2ccc(F)cc2)c1-n1cccc1)N1CCN(Cc2cccc([N+](=O)[O-])c2)CC1. The lowest BCUT2D eigenvalue weighted by molar-refractivity contribution is -0.384. The lowest BCUT2D eigenvalue weighted by atomic mass is 10.1. The zero-order valence-corrected chi connectivity index (χ0v) is 18.8. The normalized spacial score (nSPS) is 14.3. The summed E-state index contributed by atoms with van der Waals surface area (Å²) in [5.41, 5.74) is 2.05. The third-order valence-electron chi connectivity index (χ3n) is 6.08. The minimum atomic E-state index is -0.394. The number of piperazine rings is 1. The van der Waals surface area contributed by atoms with Crippen molar-refractivity contribution in [2.75, 3.05) is 26.2 Å². The lowest BCUT2D eigenvalue weighted by Crippen LogP contribution is -2.48. The fraction of sp³-hybridized carbons (Fsp3) is 0.200. The molecule has 0 aliphatic carbocycles. The van der Waals surface area contributed by atoms with E-state index in [0.717, 1.165) is 5.56 Å². The highest BCUT2D eigenvalue weighted by molar-refractivity contribution is 5.97. The number of benzene rings is 2. The maximum absolute atomic E-state index is 13.5. The van der Waals surface area contributed by atoms with Gasteiger partial charge in [0, 0.05) is 57.3 Å². The lowest BCUT2D eigenvalue weighted by Gasteiger charge is -2.34. The van der Waals surface area contributed by atoms with E-state index in [2.05, 4.69) is 10.00 Å². The summed E-state index contributed by atoms with van der Waals surface area (Å²) in [6, 6.07) is 16.3. The Morgan fingerprint density at radius 3 is 2.40 bits per heavy atom. The van der Waals surface area contributed by atoms with Crippen LogP contribution in [-0.2, 0) is 6.54 Å². The molecule has 1 aliphatic rings. The highest BCUT2D eigenvalue weighted by Crippen LogP contribution is 2.23. The van der Waals surface area contributed by atoms with Gasteiger partial charge in [-0.2, -0.15) is 5.10 Å². The number of hydrogen-bond acceptors (Lipinski definition) is 5. The Balaban J connectivity index is 1.33. The molecule has 0 spiro atoms. The Morgan fingerprint density at radius 2 is 1.71 bits per heavy atom. The van der Waals surface area contributed by atoms with Crippen molar-refractivity contribution in [3.8, 4) is 11.5 Å². The molecule has 2 aromatic carbocycles. The largest absolute Gasteiger partial charge is 0.336 e. The molecule has 0 saturated carbocycles. The van der Waals surface area contributed by atoms with Gasteiger partial charge in [0.1, 0.15) is 11.4 Å². The molecule has 1 amide bonds. The first-order chi connectivity index (χ1) is 17.0. The number of hydrogen-bond donors (Lipinski definition) is 0. The smallest absolute Gasteiger partial charge is 0.269 e. The molecular weight excluding hydrogens is 451 g/mol. The van der Waals surface area contributed by atoms with Crippen molar-refractivity contribution in [2.45, 2.75) is 6.54 Å². The van der Waals surface area contributed by atoms with E-state index in [1.54, 1.807) is 40.0 Å². The van der Waals surface area contributed by atoms with E-state index >= 15 is 0 Å². The first-order valence-corrected chi connectivity index (χ1v) is 11.2. The van der Waals surface area contributed by atoms with Crippen LogP contribution in [-0.4, -0.2) is 61.2 Å². The summed E-state index contributed by atoms with van der Waals surface area (Å²) in [6.45, 7) is 2.95. The predicted octanol–water partition coefficient (Wildman–Crippen LogP) is 3.67. The summed E-state index contributed by atoms with van der Waals surface area (Å²) in [4.78, 5) is 28.1. The van der Waals surface area contributed by atoms with Crippen LogP contribution in [0.2, 0.25) is 0 Å². The number of non-ortho nitro benzene ring substituents is 1. The number of nitrogens with zero attached hydrogens (tertiary/aromatic N) is 6. The van der Waals surface area contributed by atoms with E-state index in [-0.39, 0.29) is 17.4 Å². The average Bonchev–Trinajstić information content (AvgIpc) is 3.55. The average molecular weight is 474 g/mol. The summed E-state index contributed by atoms with van der Waals surface area (Å²) in [5.74, 6) is 0.116. The predicted molar refractivity (Wildman–Crippen MR) is 127 cm³/mol.